The molecule has 182 valence electrons. The third-order valence-corrected chi connectivity index (χ3v) is 6.65. The zero-order valence-corrected chi connectivity index (χ0v) is 21.3. The lowest BCUT2D eigenvalue weighted by Gasteiger charge is -2.14. The van der Waals surface area contributed by atoms with Crippen LogP contribution < -0.4 is 19.0 Å². The van der Waals surface area contributed by atoms with Crippen LogP contribution in [0.3, 0.4) is 0 Å². The number of aromatic amines is 1. The van der Waals surface area contributed by atoms with E-state index >= 15 is 0 Å². The minimum atomic E-state index is 0.539. The molecule has 0 fully saturated rings. The van der Waals surface area contributed by atoms with Crippen molar-refractivity contribution in [1.29, 1.82) is 0 Å². The fourth-order valence-corrected chi connectivity index (χ4v) is 4.82. The van der Waals surface area contributed by atoms with Crippen molar-refractivity contribution in [3.8, 4) is 28.5 Å². The van der Waals surface area contributed by atoms with Crippen LogP contribution in [0.25, 0.3) is 22.2 Å². The number of aryl methyl sites for hydroxylation is 1. The Kier molecular flexibility index (Phi) is 6.60. The number of rotatable bonds is 7. The lowest BCUT2D eigenvalue weighted by molar-refractivity contribution is 0.324. The van der Waals surface area contributed by atoms with Gasteiger partial charge >= 0.3 is 0 Å². The molecule has 8 heteroatoms. The van der Waals surface area contributed by atoms with E-state index in [1.165, 1.54) is 16.9 Å². The maximum absolute atomic E-state index is 5.58. The summed E-state index contributed by atoms with van der Waals surface area (Å²) in [6, 6.07) is 20.1. The highest BCUT2D eigenvalue weighted by Crippen LogP contribution is 2.41. The minimum Gasteiger partial charge on any atom is -0.493 e. The van der Waals surface area contributed by atoms with Crippen LogP contribution in [-0.4, -0.2) is 37.2 Å². The van der Waals surface area contributed by atoms with Gasteiger partial charge in [0.25, 0.3) is 0 Å². The van der Waals surface area contributed by atoms with Gasteiger partial charge in [-0.3, -0.25) is 0 Å². The Hall–Kier alpha value is -4.30. The second-order valence-electron chi connectivity index (χ2n) is 8.11. The molecule has 0 amide bonds. The molecule has 0 aliphatic rings. The molecule has 0 bridgehead atoms. The molecule has 3 aromatic carbocycles. The van der Waals surface area contributed by atoms with Gasteiger partial charge in [0.1, 0.15) is 0 Å². The maximum Gasteiger partial charge on any atom is 0.211 e. The Balaban J connectivity index is 1.69. The Bertz CT molecular complexity index is 1590. The van der Waals surface area contributed by atoms with Gasteiger partial charge in [-0.05, 0) is 37.3 Å². The van der Waals surface area contributed by atoms with E-state index in [2.05, 4.69) is 18.0 Å². The fourth-order valence-electron chi connectivity index (χ4n) is 3.97. The van der Waals surface area contributed by atoms with Gasteiger partial charge in [-0.25, -0.2) is 9.67 Å². The molecule has 7 nitrogen and oxygen atoms in total. The van der Waals surface area contributed by atoms with E-state index in [1.54, 1.807) is 21.3 Å². The zero-order chi connectivity index (χ0) is 25.1. The largest absolute Gasteiger partial charge is 0.493 e. The number of aromatic nitrogens is 2. The highest BCUT2D eigenvalue weighted by atomic mass is 32.1. The standard InChI is InChI=1S/C28H26N4O3S/c1-18-9-11-21(12-10-18)31-28-32(30-16-20-15-29-23-8-6-5-7-22(20)23)24(17-36-28)19-13-25(33-2)27(35-4)26(14-19)34-3/h5-17,29H,1-4H3/b30-16+,31-28?. The van der Waals surface area contributed by atoms with Crippen LogP contribution in [0.1, 0.15) is 11.1 Å². The highest BCUT2D eigenvalue weighted by molar-refractivity contribution is 7.07. The summed E-state index contributed by atoms with van der Waals surface area (Å²) in [6.07, 6.45) is 3.80. The molecule has 5 aromatic rings. The third kappa shape index (κ3) is 4.50. The predicted molar refractivity (Wildman–Crippen MR) is 145 cm³/mol. The molecule has 1 N–H and O–H groups in total. The molecule has 0 spiro atoms. The number of nitrogens with one attached hydrogen (secondary N) is 1. The van der Waals surface area contributed by atoms with Crippen LogP contribution in [0.4, 0.5) is 5.69 Å². The van der Waals surface area contributed by atoms with E-state index in [9.17, 15) is 0 Å². The number of ether oxygens (including phenoxy) is 3. The number of methoxy groups -OCH3 is 3. The number of thiazole rings is 1. The molecule has 0 saturated heterocycles. The summed E-state index contributed by atoms with van der Waals surface area (Å²) in [5.41, 5.74) is 5.80. The van der Waals surface area contributed by atoms with Gasteiger partial charge in [0, 0.05) is 33.6 Å². The van der Waals surface area contributed by atoms with Gasteiger partial charge in [0.05, 0.1) is 38.9 Å². The molecule has 2 heterocycles. The van der Waals surface area contributed by atoms with E-state index in [-0.39, 0.29) is 0 Å². The topological polar surface area (TPSA) is 73.1 Å². The van der Waals surface area contributed by atoms with Crippen molar-refractivity contribution >= 4 is 34.1 Å². The Morgan fingerprint density at radius 3 is 2.33 bits per heavy atom. The zero-order valence-electron chi connectivity index (χ0n) is 20.5. The van der Waals surface area contributed by atoms with E-state index in [1.807, 2.05) is 77.1 Å². The average Bonchev–Trinajstić information content (AvgIpc) is 3.51. The highest BCUT2D eigenvalue weighted by Gasteiger charge is 2.17. The molecule has 0 radical (unpaired) electrons. The monoisotopic (exact) mass is 498 g/mol. The molecular weight excluding hydrogens is 472 g/mol. The van der Waals surface area contributed by atoms with Gasteiger partial charge in [0.2, 0.25) is 10.6 Å². The van der Waals surface area contributed by atoms with Gasteiger partial charge in [-0.15, -0.1) is 11.3 Å². The van der Waals surface area contributed by atoms with Crippen LogP contribution in [0, 0.1) is 6.92 Å². The summed E-state index contributed by atoms with van der Waals surface area (Å²) in [4.78, 5) is 8.92. The SMILES string of the molecule is COc1cc(-c2csc(=Nc3ccc(C)cc3)n2/N=C/c2c[nH]c3ccccc23)cc(OC)c1OC. The van der Waals surface area contributed by atoms with Gasteiger partial charge < -0.3 is 19.2 Å². The molecule has 5 rings (SSSR count). The molecular formula is C28H26N4O3S. The summed E-state index contributed by atoms with van der Waals surface area (Å²) in [5, 5.41) is 8.01. The van der Waals surface area contributed by atoms with Crippen molar-refractivity contribution in [2.75, 3.05) is 21.3 Å². The summed E-state index contributed by atoms with van der Waals surface area (Å²) in [7, 11) is 4.81. The normalized spacial score (nSPS) is 11.9. The first-order valence-electron chi connectivity index (χ1n) is 11.3. The first-order valence-corrected chi connectivity index (χ1v) is 12.2. The number of nitrogens with zero attached hydrogens (tertiary/aromatic N) is 3. The molecule has 2 aromatic heterocycles. The van der Waals surface area contributed by atoms with E-state index in [0.717, 1.165) is 38.2 Å². The number of hydrogen-bond donors (Lipinski definition) is 1. The van der Waals surface area contributed by atoms with E-state index in [4.69, 9.17) is 24.3 Å². The van der Waals surface area contributed by atoms with E-state index in [0.29, 0.717) is 17.2 Å². The van der Waals surface area contributed by atoms with Crippen LogP contribution >= 0.6 is 11.3 Å². The van der Waals surface area contributed by atoms with Crippen LogP contribution in [0.15, 0.2) is 82.3 Å². The van der Waals surface area contributed by atoms with Crippen molar-refractivity contribution < 1.29 is 14.2 Å². The van der Waals surface area contributed by atoms with Crippen molar-refractivity contribution in [1.82, 2.24) is 9.66 Å². The third-order valence-electron chi connectivity index (χ3n) is 5.84. The Morgan fingerprint density at radius 1 is 0.917 bits per heavy atom. The second kappa shape index (κ2) is 10.1. The van der Waals surface area contributed by atoms with Crippen molar-refractivity contribution in [3.63, 3.8) is 0 Å². The Morgan fingerprint density at radius 2 is 1.64 bits per heavy atom. The second-order valence-corrected chi connectivity index (χ2v) is 8.95. The molecule has 0 saturated carbocycles. The van der Waals surface area contributed by atoms with Crippen LogP contribution in [0.2, 0.25) is 0 Å². The summed E-state index contributed by atoms with van der Waals surface area (Å²) < 4.78 is 18.5. The number of benzene rings is 3. The smallest absolute Gasteiger partial charge is 0.211 e. The molecule has 0 unspecified atom stereocenters. The fraction of sp³-hybridized carbons (Fsp3) is 0.143. The van der Waals surface area contributed by atoms with Gasteiger partial charge in [-0.2, -0.15) is 5.10 Å². The van der Waals surface area contributed by atoms with Crippen LogP contribution in [0.5, 0.6) is 17.2 Å². The summed E-state index contributed by atoms with van der Waals surface area (Å²) >= 11 is 1.51. The number of H-pyrrole nitrogens is 1. The predicted octanol–water partition coefficient (Wildman–Crippen LogP) is 6.15. The van der Waals surface area contributed by atoms with Crippen molar-refractivity contribution in [3.05, 3.63) is 88.2 Å². The van der Waals surface area contributed by atoms with E-state index < -0.39 is 0 Å². The quantitative estimate of drug-likeness (QED) is 0.274. The summed E-state index contributed by atoms with van der Waals surface area (Å²) in [6.45, 7) is 2.06. The van der Waals surface area contributed by atoms with Crippen molar-refractivity contribution in [2.45, 2.75) is 6.92 Å². The first kappa shape index (κ1) is 23.4. The van der Waals surface area contributed by atoms with Gasteiger partial charge in [0.15, 0.2) is 11.5 Å². The Labute approximate surface area is 212 Å². The number of para-hydroxylation sites is 1. The number of fused-ring (bicyclic) bond motifs is 1. The molecule has 0 aliphatic carbocycles. The van der Waals surface area contributed by atoms with Gasteiger partial charge in [-0.1, -0.05) is 35.9 Å². The molecule has 0 aliphatic heterocycles. The lowest BCUT2D eigenvalue weighted by atomic mass is 10.1. The summed E-state index contributed by atoms with van der Waals surface area (Å²) in [5.74, 6) is 1.68. The average molecular weight is 499 g/mol. The number of hydrogen-bond acceptors (Lipinski definition) is 6. The molecule has 0 atom stereocenters. The first-order chi connectivity index (χ1) is 17.6. The molecule has 36 heavy (non-hydrogen) atoms. The van der Waals surface area contributed by atoms with Crippen molar-refractivity contribution in [2.24, 2.45) is 10.1 Å². The van der Waals surface area contributed by atoms with Crippen LogP contribution in [-0.2, 0) is 0 Å². The maximum atomic E-state index is 5.58. The minimum absolute atomic E-state index is 0.539. The lowest BCUT2D eigenvalue weighted by Crippen LogP contribution is -2.11.